The van der Waals surface area contributed by atoms with Crippen LogP contribution in [0.2, 0.25) is 0 Å². The number of ketones is 1. The van der Waals surface area contributed by atoms with E-state index in [0.717, 1.165) is 59.4 Å². The molecule has 5 rings (SSSR count). The molecule has 298 valence electrons. The number of carbonyl (C=O) groups is 3. The Morgan fingerprint density at radius 3 is 2.27 bits per heavy atom. The minimum atomic E-state index is -4.62. The molecule has 1 saturated heterocycles. The molecular weight excluding hydrogens is 757 g/mol. The number of unbranched alkanes of at least 4 members (excludes halogenated alkanes) is 1. The minimum absolute atomic E-state index is 0.0553. The fourth-order valence-corrected chi connectivity index (χ4v) is 8.38. The van der Waals surface area contributed by atoms with Crippen molar-refractivity contribution < 1.29 is 41.9 Å². The largest absolute Gasteiger partial charge is 0.505 e. The van der Waals surface area contributed by atoms with Crippen LogP contribution in [0.3, 0.4) is 0 Å². The van der Waals surface area contributed by atoms with Crippen molar-refractivity contribution >= 4 is 67.3 Å². The third kappa shape index (κ3) is 10.4. The first kappa shape index (κ1) is 42.5. The van der Waals surface area contributed by atoms with E-state index < -0.39 is 20.3 Å². The van der Waals surface area contributed by atoms with Gasteiger partial charge in [-0.1, -0.05) is 30.3 Å². The minimum Gasteiger partial charge on any atom is -0.505 e. The summed E-state index contributed by atoms with van der Waals surface area (Å²) in [7, 11) is -2.95. The van der Waals surface area contributed by atoms with Crippen molar-refractivity contribution in [2.75, 3.05) is 45.0 Å². The third-order valence-corrected chi connectivity index (χ3v) is 11.9. The number of imide groups is 1. The van der Waals surface area contributed by atoms with Crippen LogP contribution in [0.25, 0.3) is 21.9 Å². The van der Waals surface area contributed by atoms with Crippen molar-refractivity contribution in [2.24, 2.45) is 10.2 Å². The van der Waals surface area contributed by atoms with Crippen molar-refractivity contribution in [2.45, 2.75) is 69.4 Å². The van der Waals surface area contributed by atoms with Gasteiger partial charge >= 0.3 is 0 Å². The highest BCUT2D eigenvalue weighted by molar-refractivity contribution is 8.00. The normalized spacial score (nSPS) is 14.8. The number of ether oxygens (including phenoxy) is 2. The summed E-state index contributed by atoms with van der Waals surface area (Å²) in [6.07, 6.45) is 3.14. The van der Waals surface area contributed by atoms with E-state index >= 15 is 0 Å². The van der Waals surface area contributed by atoms with E-state index in [4.69, 9.17) is 15.2 Å². The summed E-state index contributed by atoms with van der Waals surface area (Å²) in [5.41, 5.74) is 11.3. The molecule has 1 unspecified atom stereocenters. The van der Waals surface area contributed by atoms with Crippen molar-refractivity contribution in [1.82, 2.24) is 4.90 Å². The lowest BCUT2D eigenvalue weighted by molar-refractivity contribution is -0.138. The maximum absolute atomic E-state index is 13.0. The number of methoxy groups -OCH3 is 1. The van der Waals surface area contributed by atoms with Crippen molar-refractivity contribution in [3.05, 3.63) is 76.9 Å². The van der Waals surface area contributed by atoms with Crippen molar-refractivity contribution in [1.29, 1.82) is 0 Å². The first-order valence-electron chi connectivity index (χ1n) is 18.4. The first-order chi connectivity index (χ1) is 26.7. The number of anilines is 1. The second kappa shape index (κ2) is 19.0. The van der Waals surface area contributed by atoms with Crippen LogP contribution in [-0.2, 0) is 40.4 Å². The van der Waals surface area contributed by atoms with E-state index in [9.17, 15) is 32.5 Å². The number of hydrogen-bond donors (Lipinski definition) is 3. The molecule has 0 saturated carbocycles. The fourth-order valence-electron chi connectivity index (χ4n) is 6.57. The molecule has 56 heavy (non-hydrogen) atoms. The summed E-state index contributed by atoms with van der Waals surface area (Å²) in [6.45, 7) is 7.55. The molecule has 4 N–H and O–H groups in total. The van der Waals surface area contributed by atoms with Crippen LogP contribution in [0, 0.1) is 20.8 Å². The summed E-state index contributed by atoms with van der Waals surface area (Å²) >= 11 is 1.47. The highest BCUT2D eigenvalue weighted by Crippen LogP contribution is 2.42. The number of rotatable bonds is 19. The van der Waals surface area contributed by atoms with Gasteiger partial charge in [0.25, 0.3) is 10.1 Å². The van der Waals surface area contributed by atoms with Crippen LogP contribution in [0.15, 0.2) is 69.7 Å². The van der Waals surface area contributed by atoms with Gasteiger partial charge in [-0.25, -0.2) is 0 Å². The summed E-state index contributed by atoms with van der Waals surface area (Å²) in [4.78, 5) is 39.3. The van der Waals surface area contributed by atoms with E-state index in [0.29, 0.717) is 29.9 Å². The lowest BCUT2D eigenvalue weighted by Crippen LogP contribution is -2.33. The van der Waals surface area contributed by atoms with Gasteiger partial charge in [0, 0.05) is 52.7 Å². The number of nitrogen functional groups attached to an aromatic ring is 1. The molecule has 4 aromatic carbocycles. The zero-order valence-corrected chi connectivity index (χ0v) is 33.7. The Kier molecular flexibility index (Phi) is 14.4. The van der Waals surface area contributed by atoms with E-state index in [1.165, 1.54) is 22.7 Å². The molecule has 0 aromatic heterocycles. The van der Waals surface area contributed by atoms with Gasteiger partial charge in [0.05, 0.1) is 22.0 Å². The Bertz CT molecular complexity index is 2260. The number of aromatic hydroxyl groups is 1. The molecule has 0 spiro atoms. The number of azo groups is 1. The average molecular weight is 805 g/mol. The van der Waals surface area contributed by atoms with Crippen LogP contribution in [0.4, 0.5) is 17.1 Å². The monoisotopic (exact) mass is 804 g/mol. The van der Waals surface area contributed by atoms with Gasteiger partial charge in [0.2, 0.25) is 11.8 Å². The molecule has 2 amide bonds. The van der Waals surface area contributed by atoms with E-state index in [-0.39, 0.29) is 65.9 Å². The zero-order chi connectivity index (χ0) is 40.6. The van der Waals surface area contributed by atoms with Gasteiger partial charge in [-0.15, -0.1) is 16.9 Å². The maximum atomic E-state index is 13.0. The van der Waals surface area contributed by atoms with Gasteiger partial charge in [-0.05, 0) is 109 Å². The number of phenols is 1. The number of thioether (sulfide) groups is 1. The molecule has 4 aromatic rings. The summed E-state index contributed by atoms with van der Waals surface area (Å²) in [5.74, 6) is -0.152. The number of Topliss-reactive ketones (excluding diaryl/α,β-unsaturated/α-hetero) is 1. The molecule has 13 nitrogen and oxygen atoms in total. The smallest absolute Gasteiger partial charge is 0.296 e. The highest BCUT2D eigenvalue weighted by atomic mass is 32.2. The molecule has 1 aliphatic heterocycles. The number of nitrogens with two attached hydrogens (primary N) is 1. The quantitative estimate of drug-likeness (QED) is 0.0278. The molecule has 0 aliphatic carbocycles. The number of fused-ring (bicyclic) bond motifs is 1. The molecule has 0 radical (unpaired) electrons. The van der Waals surface area contributed by atoms with E-state index in [1.54, 1.807) is 32.2 Å². The van der Waals surface area contributed by atoms with Gasteiger partial charge < -0.3 is 20.3 Å². The average Bonchev–Trinajstić information content (AvgIpc) is 3.42. The number of carbonyl (C=O) groups excluding carboxylic acids is 3. The molecule has 1 heterocycles. The zero-order valence-electron chi connectivity index (χ0n) is 32.0. The predicted octanol–water partition coefficient (Wildman–Crippen LogP) is 7.58. The van der Waals surface area contributed by atoms with E-state index in [2.05, 4.69) is 10.2 Å². The first-order valence-corrected chi connectivity index (χ1v) is 20.9. The van der Waals surface area contributed by atoms with Gasteiger partial charge in [-0.3, -0.25) is 23.8 Å². The Labute approximate surface area is 331 Å². The number of phenolic OH excluding ortho intramolecular Hbond substituents is 1. The van der Waals surface area contributed by atoms with Crippen LogP contribution in [0.1, 0.15) is 54.4 Å². The van der Waals surface area contributed by atoms with Crippen molar-refractivity contribution in [3.63, 3.8) is 0 Å². The molecule has 0 bridgehead atoms. The van der Waals surface area contributed by atoms with Crippen LogP contribution in [0.5, 0.6) is 5.75 Å². The van der Waals surface area contributed by atoms with Crippen LogP contribution in [-0.4, -0.2) is 85.1 Å². The lowest BCUT2D eigenvalue weighted by Gasteiger charge is -2.15. The summed E-state index contributed by atoms with van der Waals surface area (Å²) < 4.78 is 44.0. The Balaban J connectivity index is 1.15. The number of aryl methyl sites for hydroxylation is 3. The lowest BCUT2D eigenvalue weighted by atomic mass is 9.95. The van der Waals surface area contributed by atoms with Crippen LogP contribution < -0.4 is 5.73 Å². The summed E-state index contributed by atoms with van der Waals surface area (Å²) in [5, 5.41) is 19.7. The van der Waals surface area contributed by atoms with Crippen molar-refractivity contribution in [3.8, 4) is 16.9 Å². The highest BCUT2D eigenvalue weighted by Gasteiger charge is 2.38. The van der Waals surface area contributed by atoms with E-state index in [1.807, 2.05) is 44.2 Å². The Hall–Kier alpha value is -4.67. The number of nitrogens with zero attached hydrogens (tertiary/aromatic N) is 3. The Morgan fingerprint density at radius 2 is 1.57 bits per heavy atom. The number of amides is 2. The SMILES string of the molecule is COCCCCOCCCSC1CC(=O)N(CCC(=O)Cc2ccc(-c3ccc(N=Nc4ccc5c(C)cc(S(=O)(=O)O)c(N)c5c4O)c(C)c3)cc2C)C1=O. The second-order valence-corrected chi connectivity index (χ2v) is 16.6. The summed E-state index contributed by atoms with van der Waals surface area (Å²) in [6, 6.07) is 15.9. The molecule has 15 heteroatoms. The predicted molar refractivity (Wildman–Crippen MR) is 218 cm³/mol. The number of hydrogen-bond acceptors (Lipinski definition) is 12. The second-order valence-electron chi connectivity index (χ2n) is 13.9. The third-order valence-electron chi connectivity index (χ3n) is 9.72. The Morgan fingerprint density at radius 1 is 0.911 bits per heavy atom. The molecule has 1 atom stereocenters. The van der Waals surface area contributed by atoms with Gasteiger partial charge in [0.1, 0.15) is 16.4 Å². The number of benzene rings is 4. The maximum Gasteiger partial charge on any atom is 0.296 e. The molecule has 1 aliphatic rings. The topological polar surface area (TPSA) is 198 Å². The van der Waals surface area contributed by atoms with Gasteiger partial charge in [0.15, 0.2) is 5.75 Å². The molecule has 1 fully saturated rings. The fraction of sp³-hybridized carbons (Fsp3) is 0.390. The van der Waals surface area contributed by atoms with Crippen LogP contribution >= 0.6 is 11.8 Å². The standard InChI is InChI=1S/C41H48N4O9S2/c1-25-20-29(9-8-28(25)23-31(46)14-15-45-37(47)24-35(41(45)49)55-19-7-18-54-17-6-5-16-53-4)30-10-12-33(27(3)21-30)43-44-34-13-11-32-26(2)22-36(56(50,51)52)39(42)38(32)40(34)48/h8-13,20-22,35,48H,5-7,14-19,23-24,42H2,1-4H3,(H,50,51,52). The van der Waals surface area contributed by atoms with Gasteiger partial charge in [-0.2, -0.15) is 13.5 Å². The number of likely N-dealkylation sites (tertiary alicyclic amines) is 1. The molecular formula is C41H48N4O9S2.